The fourth-order valence-electron chi connectivity index (χ4n) is 8.86. The van der Waals surface area contributed by atoms with Gasteiger partial charge in [0, 0.05) is 0 Å². The highest BCUT2D eigenvalue weighted by molar-refractivity contribution is 14.1. The van der Waals surface area contributed by atoms with E-state index in [-0.39, 0.29) is 0 Å². The first kappa shape index (κ1) is 38.5. The Bertz CT molecular complexity index is 1200. The van der Waals surface area contributed by atoms with E-state index >= 15 is 0 Å². The Morgan fingerprint density at radius 1 is 0.457 bits per heavy atom. The quantitative estimate of drug-likeness (QED) is 0.0666. The summed E-state index contributed by atoms with van der Waals surface area (Å²) in [6.07, 6.45) is 21.6. The van der Waals surface area contributed by atoms with E-state index in [1.807, 2.05) is 24.6 Å². The molecular formula is C40H62I2O2Si2. The third kappa shape index (κ3) is 8.01. The molecule has 2 heterocycles. The highest BCUT2D eigenvalue weighted by Gasteiger charge is 2.58. The van der Waals surface area contributed by atoms with Crippen molar-refractivity contribution in [1.82, 2.24) is 0 Å². The van der Waals surface area contributed by atoms with Gasteiger partial charge in [0.2, 0.25) is 0 Å². The first-order chi connectivity index (χ1) is 22.4. The number of halogens is 2. The maximum Gasteiger partial charge on any atom is 0.132 e. The van der Waals surface area contributed by atoms with Crippen LogP contribution < -0.4 is 19.8 Å². The number of hydrogen-bond acceptors (Lipinski definition) is 2. The second-order valence-electron chi connectivity index (χ2n) is 14.2. The van der Waals surface area contributed by atoms with Crippen LogP contribution in [0.15, 0.2) is 24.3 Å². The standard InChI is InChI=1S/C40H62I2O2Si2/c1-7-11-15-19-23-45(24-20-16-12-8-2)37-29-33(41)35(43-5)27-31(37)40-39(45)32-28-36(44-6)34(42)30-38(32)46(40,25-21-17-13-9-3)26-22-18-14-10-4/h27-30H,7-26H2,1-6H3. The lowest BCUT2D eigenvalue weighted by Crippen LogP contribution is -2.51. The Balaban J connectivity index is 2.04. The summed E-state index contributed by atoms with van der Waals surface area (Å²) in [6, 6.07) is 15.9. The van der Waals surface area contributed by atoms with Crippen LogP contribution in [-0.4, -0.2) is 30.4 Å². The molecule has 0 fully saturated rings. The van der Waals surface area contributed by atoms with Gasteiger partial charge in [-0.05, 0) is 126 Å². The average molecular weight is 885 g/mol. The lowest BCUT2D eigenvalue weighted by molar-refractivity contribution is 0.411. The number of benzene rings is 2. The summed E-state index contributed by atoms with van der Waals surface area (Å²) in [4.78, 5) is 0. The van der Waals surface area contributed by atoms with Crippen LogP contribution in [-0.2, 0) is 0 Å². The summed E-state index contributed by atoms with van der Waals surface area (Å²) in [6.45, 7) is 9.43. The van der Waals surface area contributed by atoms with Crippen molar-refractivity contribution in [3.63, 3.8) is 0 Å². The van der Waals surface area contributed by atoms with Gasteiger partial charge in [-0.3, -0.25) is 0 Å². The lowest BCUT2D eigenvalue weighted by Gasteiger charge is -2.35. The molecule has 0 radical (unpaired) electrons. The Labute approximate surface area is 312 Å². The van der Waals surface area contributed by atoms with Crippen molar-refractivity contribution in [2.45, 2.75) is 155 Å². The second kappa shape index (κ2) is 18.6. The summed E-state index contributed by atoms with van der Waals surface area (Å²) >= 11 is 5.15. The molecule has 0 N–H and O–H groups in total. The molecule has 0 aromatic heterocycles. The number of unbranched alkanes of at least 4 members (excludes halogenated alkanes) is 12. The van der Waals surface area contributed by atoms with Crippen molar-refractivity contribution >= 4 is 82.1 Å². The predicted octanol–water partition coefficient (Wildman–Crippen LogP) is 12.6. The minimum absolute atomic E-state index is 1.08. The fourth-order valence-corrected chi connectivity index (χ4v) is 24.0. The first-order valence-electron chi connectivity index (χ1n) is 18.9. The predicted molar refractivity (Wildman–Crippen MR) is 225 cm³/mol. The van der Waals surface area contributed by atoms with Gasteiger partial charge in [0.25, 0.3) is 0 Å². The number of fused-ring (bicyclic) bond motifs is 4. The molecule has 2 aliphatic heterocycles. The third-order valence-corrected chi connectivity index (χ3v) is 23.8. The molecular weight excluding hydrogens is 822 g/mol. The van der Waals surface area contributed by atoms with Crippen molar-refractivity contribution in [1.29, 1.82) is 0 Å². The molecule has 4 rings (SSSR count). The maximum atomic E-state index is 6.12. The molecule has 46 heavy (non-hydrogen) atoms. The minimum atomic E-state index is -2.06. The molecule has 0 unspecified atom stereocenters. The Hall–Kier alpha value is -0.326. The van der Waals surface area contributed by atoms with Gasteiger partial charge in [-0.1, -0.05) is 130 Å². The van der Waals surface area contributed by atoms with E-state index in [0.29, 0.717) is 0 Å². The van der Waals surface area contributed by atoms with Gasteiger partial charge in [-0.2, -0.15) is 0 Å². The van der Waals surface area contributed by atoms with Gasteiger partial charge in [0.15, 0.2) is 0 Å². The maximum absolute atomic E-state index is 6.12. The zero-order valence-electron chi connectivity index (χ0n) is 30.0. The van der Waals surface area contributed by atoms with Crippen LogP contribution in [0.1, 0.15) is 142 Å². The molecule has 0 saturated heterocycles. The molecule has 256 valence electrons. The first-order valence-corrected chi connectivity index (χ1v) is 25.9. The number of ether oxygens (including phenoxy) is 2. The van der Waals surface area contributed by atoms with Crippen molar-refractivity contribution in [3.8, 4) is 11.5 Å². The molecule has 6 heteroatoms. The average Bonchev–Trinajstić information content (AvgIpc) is 3.48. The summed E-state index contributed by atoms with van der Waals surface area (Å²) < 4.78 is 14.8. The highest BCUT2D eigenvalue weighted by atomic mass is 127. The van der Waals surface area contributed by atoms with Gasteiger partial charge < -0.3 is 9.47 Å². The largest absolute Gasteiger partial charge is 0.496 e. The van der Waals surface area contributed by atoms with E-state index in [2.05, 4.69) is 97.1 Å². The van der Waals surface area contributed by atoms with Gasteiger partial charge in [0.05, 0.1) is 21.4 Å². The monoisotopic (exact) mass is 884 g/mol. The minimum Gasteiger partial charge on any atom is -0.496 e. The number of rotatable bonds is 22. The molecule has 2 aliphatic rings. The summed E-state index contributed by atoms with van der Waals surface area (Å²) in [7, 11) is -0.352. The summed E-state index contributed by atoms with van der Waals surface area (Å²) in [5.74, 6) is 2.16. The molecule has 0 aliphatic carbocycles. The van der Waals surface area contributed by atoms with Gasteiger partial charge >= 0.3 is 0 Å². The van der Waals surface area contributed by atoms with Crippen LogP contribution in [0.25, 0.3) is 10.4 Å². The smallest absolute Gasteiger partial charge is 0.132 e. The summed E-state index contributed by atoms with van der Waals surface area (Å²) in [5.41, 5.74) is 3.26. The normalized spacial score (nSPS) is 15.7. The van der Waals surface area contributed by atoms with Crippen LogP contribution in [0.3, 0.4) is 0 Å². The van der Waals surface area contributed by atoms with Crippen molar-refractivity contribution in [2.24, 2.45) is 0 Å². The molecule has 0 bridgehead atoms. The Morgan fingerprint density at radius 2 is 0.761 bits per heavy atom. The van der Waals surface area contributed by atoms with E-state index in [4.69, 9.17) is 9.47 Å². The van der Waals surface area contributed by atoms with Crippen molar-refractivity contribution < 1.29 is 9.47 Å². The van der Waals surface area contributed by atoms with Crippen LogP contribution in [0.5, 0.6) is 11.5 Å². The second-order valence-corrected chi connectivity index (χ2v) is 25.0. The summed E-state index contributed by atoms with van der Waals surface area (Å²) in [5, 5.41) is 7.31. The molecule has 0 atom stereocenters. The lowest BCUT2D eigenvalue weighted by atomic mass is 10.1. The zero-order valence-corrected chi connectivity index (χ0v) is 36.3. The van der Waals surface area contributed by atoms with E-state index in [9.17, 15) is 0 Å². The third-order valence-electron chi connectivity index (χ3n) is 11.2. The molecule has 0 saturated carbocycles. The Morgan fingerprint density at radius 3 is 1.02 bits per heavy atom. The topological polar surface area (TPSA) is 18.5 Å². The van der Waals surface area contributed by atoms with Gasteiger partial charge in [-0.25, -0.2) is 0 Å². The Kier molecular flexibility index (Phi) is 15.6. The van der Waals surface area contributed by atoms with Crippen LogP contribution in [0.4, 0.5) is 0 Å². The number of hydrogen-bond donors (Lipinski definition) is 0. The van der Waals surface area contributed by atoms with Gasteiger partial charge in [0.1, 0.15) is 27.6 Å². The number of methoxy groups -OCH3 is 2. The van der Waals surface area contributed by atoms with E-state index in [1.165, 1.54) is 134 Å². The molecule has 0 spiro atoms. The zero-order chi connectivity index (χ0) is 33.2. The van der Waals surface area contributed by atoms with E-state index in [0.717, 1.165) is 11.5 Å². The molecule has 2 aromatic rings. The van der Waals surface area contributed by atoms with Crippen LogP contribution in [0, 0.1) is 7.14 Å². The van der Waals surface area contributed by atoms with Crippen LogP contribution in [0.2, 0.25) is 24.2 Å². The highest BCUT2D eigenvalue weighted by Crippen LogP contribution is 2.56. The van der Waals surface area contributed by atoms with Crippen LogP contribution >= 0.6 is 45.2 Å². The van der Waals surface area contributed by atoms with Crippen molar-refractivity contribution in [3.05, 3.63) is 42.5 Å². The molecule has 2 aromatic carbocycles. The van der Waals surface area contributed by atoms with E-state index < -0.39 is 16.1 Å². The molecule has 2 nitrogen and oxygen atoms in total. The van der Waals surface area contributed by atoms with E-state index in [1.54, 1.807) is 21.5 Å². The fraction of sp³-hybridized carbons (Fsp3) is 0.650. The van der Waals surface area contributed by atoms with Gasteiger partial charge in [-0.15, -0.1) is 0 Å². The SMILES string of the molecule is CCCCCC[Si]1(CCCCCC)C2=C(c3cc(OC)c(I)cc31)[Si](CCCCCC)(CCCCCC)c1cc(I)c(OC)cc12. The van der Waals surface area contributed by atoms with Crippen molar-refractivity contribution in [2.75, 3.05) is 14.2 Å². The molecule has 0 amide bonds.